The van der Waals surface area contributed by atoms with Gasteiger partial charge in [-0.1, -0.05) is 18.2 Å². The number of rotatable bonds is 3. The zero-order valence-electron chi connectivity index (χ0n) is 14.5. The van der Waals surface area contributed by atoms with E-state index in [-0.39, 0.29) is 5.91 Å². The van der Waals surface area contributed by atoms with Crippen molar-refractivity contribution in [1.82, 2.24) is 9.97 Å². The predicted molar refractivity (Wildman–Crippen MR) is 103 cm³/mol. The molecule has 0 fully saturated rings. The summed E-state index contributed by atoms with van der Waals surface area (Å²) in [5, 5.41) is 2.78. The summed E-state index contributed by atoms with van der Waals surface area (Å²) in [6.45, 7) is 0. The minimum Gasteiger partial charge on any atom is -0.465 e. The number of amides is 1. The van der Waals surface area contributed by atoms with Crippen LogP contribution in [0.4, 0.5) is 5.69 Å². The number of nitrogens with one attached hydrogen (secondary N) is 1. The summed E-state index contributed by atoms with van der Waals surface area (Å²) in [6.07, 6.45) is 0. The molecule has 6 nitrogen and oxygen atoms in total. The maximum atomic E-state index is 12.6. The van der Waals surface area contributed by atoms with Crippen LogP contribution in [-0.2, 0) is 4.74 Å². The molecule has 1 heterocycles. The van der Waals surface area contributed by atoms with Crippen LogP contribution in [0.3, 0.4) is 0 Å². The van der Waals surface area contributed by atoms with Gasteiger partial charge in [0, 0.05) is 11.3 Å². The van der Waals surface area contributed by atoms with Crippen LogP contribution in [0.2, 0.25) is 0 Å². The molecule has 0 aliphatic heterocycles. The van der Waals surface area contributed by atoms with E-state index in [4.69, 9.17) is 4.74 Å². The molecule has 0 aliphatic carbocycles. The predicted octanol–water partition coefficient (Wildman–Crippen LogP) is 3.82. The Bertz CT molecular complexity index is 1190. The smallest absolute Gasteiger partial charge is 0.337 e. The number of para-hydroxylation sites is 2. The van der Waals surface area contributed by atoms with Crippen molar-refractivity contribution in [3.8, 4) is 0 Å². The number of aromatic nitrogens is 2. The van der Waals surface area contributed by atoms with Gasteiger partial charge in [0.15, 0.2) is 0 Å². The van der Waals surface area contributed by atoms with Crippen molar-refractivity contribution in [2.75, 3.05) is 12.4 Å². The molecule has 1 amide bonds. The maximum Gasteiger partial charge on any atom is 0.337 e. The van der Waals surface area contributed by atoms with Gasteiger partial charge in [-0.25, -0.2) is 14.8 Å². The summed E-state index contributed by atoms with van der Waals surface area (Å²) in [4.78, 5) is 33.4. The highest BCUT2D eigenvalue weighted by molar-refractivity contribution is 6.06. The quantitative estimate of drug-likeness (QED) is 0.445. The van der Waals surface area contributed by atoms with Crippen molar-refractivity contribution in [3.05, 3.63) is 77.9 Å². The molecule has 4 aromatic rings. The van der Waals surface area contributed by atoms with Gasteiger partial charge < -0.3 is 10.1 Å². The molecule has 3 aromatic carbocycles. The zero-order valence-corrected chi connectivity index (χ0v) is 14.5. The third-order valence-corrected chi connectivity index (χ3v) is 4.14. The van der Waals surface area contributed by atoms with Gasteiger partial charge in [-0.2, -0.15) is 0 Å². The van der Waals surface area contributed by atoms with Gasteiger partial charge >= 0.3 is 5.97 Å². The molecule has 0 radical (unpaired) electrons. The lowest BCUT2D eigenvalue weighted by molar-refractivity contribution is 0.0600. The number of hydrogen-bond donors (Lipinski definition) is 1. The van der Waals surface area contributed by atoms with Crippen LogP contribution in [0.15, 0.2) is 66.7 Å². The molecule has 1 aromatic heterocycles. The van der Waals surface area contributed by atoms with Crippen molar-refractivity contribution < 1.29 is 14.3 Å². The molecule has 0 unspecified atom stereocenters. The Morgan fingerprint density at radius 1 is 0.778 bits per heavy atom. The Morgan fingerprint density at radius 2 is 1.48 bits per heavy atom. The van der Waals surface area contributed by atoms with Crippen LogP contribution in [0, 0.1) is 0 Å². The van der Waals surface area contributed by atoms with Crippen molar-refractivity contribution in [3.63, 3.8) is 0 Å². The monoisotopic (exact) mass is 357 g/mol. The summed E-state index contributed by atoms with van der Waals surface area (Å²) in [6, 6.07) is 19.3. The molecule has 0 saturated heterocycles. The number of benzene rings is 3. The molecule has 0 bridgehead atoms. The summed E-state index contributed by atoms with van der Waals surface area (Å²) in [7, 11) is 1.31. The Balaban J connectivity index is 1.64. The van der Waals surface area contributed by atoms with Crippen molar-refractivity contribution in [1.29, 1.82) is 0 Å². The molecule has 0 atom stereocenters. The first-order chi connectivity index (χ1) is 13.1. The number of carbonyl (C=O) groups excluding carboxylic acids is 2. The number of hydrogen-bond acceptors (Lipinski definition) is 5. The third kappa shape index (κ3) is 3.32. The van der Waals surface area contributed by atoms with E-state index in [0.29, 0.717) is 22.3 Å². The highest BCUT2D eigenvalue weighted by atomic mass is 16.5. The van der Waals surface area contributed by atoms with Gasteiger partial charge in [-0.3, -0.25) is 4.79 Å². The van der Waals surface area contributed by atoms with Gasteiger partial charge in [0.25, 0.3) is 5.91 Å². The molecule has 0 spiro atoms. The van der Waals surface area contributed by atoms with Crippen LogP contribution in [0.1, 0.15) is 20.7 Å². The van der Waals surface area contributed by atoms with Crippen LogP contribution in [0.5, 0.6) is 0 Å². The van der Waals surface area contributed by atoms with Crippen LogP contribution >= 0.6 is 0 Å². The second kappa shape index (κ2) is 6.84. The number of ether oxygens (including phenoxy) is 1. The van der Waals surface area contributed by atoms with Crippen molar-refractivity contribution in [2.24, 2.45) is 0 Å². The standard InChI is InChI=1S/C21H15N3O3/c1-27-21(26)14-5-4-6-15(11-14)22-20(25)13-9-10-18-19(12-13)24-17-8-3-2-7-16(17)23-18/h2-12H,1H3,(H,22,25). The topological polar surface area (TPSA) is 81.2 Å². The lowest BCUT2D eigenvalue weighted by atomic mass is 10.1. The van der Waals surface area contributed by atoms with E-state index in [0.717, 1.165) is 16.6 Å². The zero-order chi connectivity index (χ0) is 18.8. The summed E-state index contributed by atoms with van der Waals surface area (Å²) in [5.41, 5.74) is 4.27. The average Bonchev–Trinajstić information content (AvgIpc) is 2.71. The Labute approximate surface area is 154 Å². The first-order valence-corrected chi connectivity index (χ1v) is 8.30. The second-order valence-corrected chi connectivity index (χ2v) is 5.94. The minimum absolute atomic E-state index is 0.297. The molecular weight excluding hydrogens is 342 g/mol. The molecule has 132 valence electrons. The molecule has 1 N–H and O–H groups in total. The minimum atomic E-state index is -0.459. The van der Waals surface area contributed by atoms with Gasteiger partial charge in [0.2, 0.25) is 0 Å². The summed E-state index contributed by atoms with van der Waals surface area (Å²) in [5.74, 6) is -0.757. The van der Waals surface area contributed by atoms with E-state index >= 15 is 0 Å². The van der Waals surface area contributed by atoms with Crippen LogP contribution in [-0.4, -0.2) is 29.0 Å². The van der Waals surface area contributed by atoms with E-state index in [9.17, 15) is 9.59 Å². The number of methoxy groups -OCH3 is 1. The molecule has 4 rings (SSSR count). The first kappa shape index (κ1) is 16.7. The fourth-order valence-electron chi connectivity index (χ4n) is 2.81. The molecule has 0 saturated carbocycles. The molecular formula is C21H15N3O3. The summed E-state index contributed by atoms with van der Waals surface area (Å²) >= 11 is 0. The fourth-order valence-corrected chi connectivity index (χ4v) is 2.81. The second-order valence-electron chi connectivity index (χ2n) is 5.94. The van der Waals surface area contributed by atoms with E-state index in [1.54, 1.807) is 42.5 Å². The van der Waals surface area contributed by atoms with Gasteiger partial charge in [-0.15, -0.1) is 0 Å². The lowest BCUT2D eigenvalue weighted by Gasteiger charge is -2.08. The van der Waals surface area contributed by atoms with Gasteiger partial charge in [0.1, 0.15) is 0 Å². The largest absolute Gasteiger partial charge is 0.465 e. The maximum absolute atomic E-state index is 12.6. The van der Waals surface area contributed by atoms with Gasteiger partial charge in [-0.05, 0) is 48.5 Å². The summed E-state index contributed by atoms with van der Waals surface area (Å²) < 4.78 is 4.70. The number of anilines is 1. The van der Waals surface area contributed by atoms with E-state index in [1.165, 1.54) is 7.11 Å². The van der Waals surface area contributed by atoms with Crippen LogP contribution in [0.25, 0.3) is 22.1 Å². The Hall–Kier alpha value is -3.80. The van der Waals surface area contributed by atoms with E-state index in [2.05, 4.69) is 15.3 Å². The Kier molecular flexibility index (Phi) is 4.22. The van der Waals surface area contributed by atoms with Crippen molar-refractivity contribution in [2.45, 2.75) is 0 Å². The molecule has 0 aliphatic rings. The normalized spacial score (nSPS) is 10.7. The van der Waals surface area contributed by atoms with Gasteiger partial charge in [0.05, 0.1) is 34.7 Å². The number of nitrogens with zero attached hydrogens (tertiary/aromatic N) is 2. The Morgan fingerprint density at radius 3 is 2.22 bits per heavy atom. The van der Waals surface area contributed by atoms with E-state index in [1.807, 2.05) is 24.3 Å². The average molecular weight is 357 g/mol. The lowest BCUT2D eigenvalue weighted by Crippen LogP contribution is -2.12. The van der Waals surface area contributed by atoms with Crippen molar-refractivity contribution >= 4 is 39.6 Å². The van der Waals surface area contributed by atoms with Crippen LogP contribution < -0.4 is 5.32 Å². The molecule has 6 heteroatoms. The first-order valence-electron chi connectivity index (χ1n) is 8.30. The molecule has 27 heavy (non-hydrogen) atoms. The highest BCUT2D eigenvalue weighted by Crippen LogP contribution is 2.19. The third-order valence-electron chi connectivity index (χ3n) is 4.14. The number of carbonyl (C=O) groups is 2. The fraction of sp³-hybridized carbons (Fsp3) is 0.0476. The van der Waals surface area contributed by atoms with E-state index < -0.39 is 5.97 Å². The number of esters is 1. The number of fused-ring (bicyclic) bond motifs is 2. The highest BCUT2D eigenvalue weighted by Gasteiger charge is 2.11. The SMILES string of the molecule is COC(=O)c1cccc(NC(=O)c2ccc3nc4ccccc4nc3c2)c1.